The van der Waals surface area contributed by atoms with Crippen LogP contribution in [-0.4, -0.2) is 34.4 Å². The van der Waals surface area contributed by atoms with Gasteiger partial charge < -0.3 is 15.7 Å². The van der Waals surface area contributed by atoms with Crippen LogP contribution in [0.3, 0.4) is 0 Å². The van der Waals surface area contributed by atoms with Gasteiger partial charge in [-0.05, 0) is 48.9 Å². The Balaban J connectivity index is 1.55. The average Bonchev–Trinajstić information content (AvgIpc) is 3.35. The Bertz CT molecular complexity index is 654. The van der Waals surface area contributed by atoms with Gasteiger partial charge in [0.15, 0.2) is 5.69 Å². The highest BCUT2D eigenvalue weighted by Gasteiger charge is 2.41. The van der Waals surface area contributed by atoms with E-state index in [0.29, 0.717) is 5.82 Å². The maximum atomic E-state index is 12.1. The summed E-state index contributed by atoms with van der Waals surface area (Å²) in [6.07, 6.45) is 3.07. The predicted molar refractivity (Wildman–Crippen MR) is 88.3 cm³/mol. The Morgan fingerprint density at radius 1 is 1.13 bits per heavy atom. The molecule has 1 saturated carbocycles. The number of carbonyl (C=O) groups excluding carboxylic acids is 1. The molecule has 0 bridgehead atoms. The van der Waals surface area contributed by atoms with Crippen LogP contribution < -0.4 is 10.6 Å². The van der Waals surface area contributed by atoms with Gasteiger partial charge in [0.1, 0.15) is 5.82 Å². The van der Waals surface area contributed by atoms with Gasteiger partial charge >= 0.3 is 0 Å². The van der Waals surface area contributed by atoms with Crippen molar-refractivity contribution in [2.24, 2.45) is 5.41 Å². The van der Waals surface area contributed by atoms with E-state index in [2.05, 4.69) is 20.8 Å². The summed E-state index contributed by atoms with van der Waals surface area (Å²) in [5.41, 5.74) is 1.21. The molecule has 6 nitrogen and oxygen atoms in total. The first kappa shape index (κ1) is 15.4. The van der Waals surface area contributed by atoms with Crippen molar-refractivity contribution < 1.29 is 9.90 Å². The third-order valence-corrected chi connectivity index (χ3v) is 4.17. The van der Waals surface area contributed by atoms with Gasteiger partial charge in [-0.25, -0.2) is 0 Å². The van der Waals surface area contributed by atoms with E-state index in [0.717, 1.165) is 31.5 Å². The number of carbonyl (C=O) groups is 1. The van der Waals surface area contributed by atoms with Gasteiger partial charge in [0.2, 0.25) is 0 Å². The maximum absolute atomic E-state index is 12.1. The Labute approximate surface area is 135 Å². The van der Waals surface area contributed by atoms with Crippen LogP contribution >= 0.6 is 0 Å². The van der Waals surface area contributed by atoms with Crippen LogP contribution in [-0.2, 0) is 0 Å². The van der Waals surface area contributed by atoms with E-state index in [1.807, 2.05) is 30.3 Å². The number of nitrogens with zero attached hydrogens (tertiary/aromatic N) is 2. The number of nitrogens with one attached hydrogen (secondary N) is 2. The van der Waals surface area contributed by atoms with Gasteiger partial charge in [-0.1, -0.05) is 18.2 Å². The van der Waals surface area contributed by atoms with Crippen LogP contribution in [0.25, 0.3) is 0 Å². The van der Waals surface area contributed by atoms with Crippen LogP contribution in [0.1, 0.15) is 29.8 Å². The van der Waals surface area contributed by atoms with Crippen LogP contribution in [0.5, 0.6) is 0 Å². The van der Waals surface area contributed by atoms with E-state index >= 15 is 0 Å². The van der Waals surface area contributed by atoms with E-state index in [4.69, 9.17) is 5.11 Å². The fourth-order valence-electron chi connectivity index (χ4n) is 2.47. The van der Waals surface area contributed by atoms with E-state index in [-0.39, 0.29) is 23.6 Å². The molecule has 0 saturated heterocycles. The Morgan fingerprint density at radius 3 is 2.52 bits per heavy atom. The summed E-state index contributed by atoms with van der Waals surface area (Å²) in [5.74, 6) is 0.361. The van der Waals surface area contributed by atoms with Gasteiger partial charge in [0, 0.05) is 18.8 Å². The second kappa shape index (κ2) is 6.75. The van der Waals surface area contributed by atoms with Crippen molar-refractivity contribution in [3.63, 3.8) is 0 Å². The zero-order chi connectivity index (χ0) is 16.1. The fraction of sp³-hybridized carbons (Fsp3) is 0.353. The molecule has 1 aliphatic rings. The molecule has 3 N–H and O–H groups in total. The Kier molecular flexibility index (Phi) is 4.52. The second-order valence-electron chi connectivity index (χ2n) is 5.95. The van der Waals surface area contributed by atoms with Crippen LogP contribution in [0.15, 0.2) is 42.5 Å². The number of rotatable bonds is 7. The molecule has 6 heteroatoms. The third kappa shape index (κ3) is 4.04. The largest absolute Gasteiger partial charge is 0.396 e. The first-order chi connectivity index (χ1) is 11.2. The normalized spacial score (nSPS) is 15.0. The zero-order valence-electron chi connectivity index (χ0n) is 12.8. The highest BCUT2D eigenvalue weighted by Crippen LogP contribution is 2.48. The number of amides is 1. The second-order valence-corrected chi connectivity index (χ2v) is 5.95. The van der Waals surface area contributed by atoms with Gasteiger partial charge in [0.25, 0.3) is 5.91 Å². The first-order valence-corrected chi connectivity index (χ1v) is 7.76. The summed E-state index contributed by atoms with van der Waals surface area (Å²) in [4.78, 5) is 12.1. The minimum Gasteiger partial charge on any atom is -0.396 e. The summed E-state index contributed by atoms with van der Waals surface area (Å²) < 4.78 is 0. The van der Waals surface area contributed by atoms with Crippen LogP contribution in [0, 0.1) is 5.41 Å². The molecule has 0 unspecified atom stereocenters. The van der Waals surface area contributed by atoms with Gasteiger partial charge in [0.05, 0.1) is 0 Å². The highest BCUT2D eigenvalue weighted by atomic mass is 16.3. The monoisotopic (exact) mass is 312 g/mol. The molecule has 0 spiro atoms. The standard InChI is InChI=1S/C17H20N4O2/c22-11-10-17(8-9-17)12-18-15-7-6-14(20-21-15)16(23)19-13-4-2-1-3-5-13/h1-7,22H,8-12H2,(H,18,21)(H,19,23). The summed E-state index contributed by atoms with van der Waals surface area (Å²) in [6.45, 7) is 0.990. The molecule has 1 aromatic carbocycles. The van der Waals surface area contributed by atoms with Gasteiger partial charge in [-0.3, -0.25) is 4.79 Å². The van der Waals surface area contributed by atoms with E-state index in [9.17, 15) is 4.79 Å². The summed E-state index contributed by atoms with van der Waals surface area (Å²) in [7, 11) is 0. The highest BCUT2D eigenvalue weighted by molar-refractivity contribution is 6.02. The molecule has 1 amide bonds. The summed E-state index contributed by atoms with van der Waals surface area (Å²) in [6, 6.07) is 12.6. The van der Waals surface area contributed by atoms with Gasteiger partial charge in [-0.15, -0.1) is 10.2 Å². The number of aliphatic hydroxyl groups excluding tert-OH is 1. The van der Waals surface area contributed by atoms with Crippen molar-refractivity contribution in [2.45, 2.75) is 19.3 Å². The molecule has 0 aliphatic heterocycles. The number of benzene rings is 1. The van der Waals surface area contributed by atoms with Crippen LogP contribution in [0.2, 0.25) is 0 Å². The lowest BCUT2D eigenvalue weighted by atomic mass is 10.0. The molecule has 0 radical (unpaired) electrons. The lowest BCUT2D eigenvalue weighted by molar-refractivity contribution is 0.102. The van der Waals surface area contributed by atoms with Crippen molar-refractivity contribution in [2.75, 3.05) is 23.8 Å². The number of para-hydroxylation sites is 1. The maximum Gasteiger partial charge on any atom is 0.276 e. The molecule has 2 aromatic rings. The van der Waals surface area contributed by atoms with Crippen molar-refractivity contribution in [1.82, 2.24) is 10.2 Å². The topological polar surface area (TPSA) is 87.1 Å². The number of hydrogen-bond donors (Lipinski definition) is 3. The quantitative estimate of drug-likeness (QED) is 0.730. The molecular weight excluding hydrogens is 292 g/mol. The molecule has 3 rings (SSSR count). The van der Waals surface area contributed by atoms with E-state index in [1.165, 1.54) is 0 Å². The van der Waals surface area contributed by atoms with E-state index < -0.39 is 0 Å². The fourth-order valence-corrected chi connectivity index (χ4v) is 2.47. The Morgan fingerprint density at radius 2 is 1.91 bits per heavy atom. The predicted octanol–water partition coefficient (Wildman–Crippen LogP) is 2.30. The smallest absolute Gasteiger partial charge is 0.276 e. The van der Waals surface area contributed by atoms with E-state index in [1.54, 1.807) is 12.1 Å². The molecule has 23 heavy (non-hydrogen) atoms. The lowest BCUT2D eigenvalue weighted by Gasteiger charge is -2.14. The minimum absolute atomic E-state index is 0.208. The molecule has 0 atom stereocenters. The SMILES string of the molecule is O=C(Nc1ccccc1)c1ccc(NCC2(CCO)CC2)nn1. The number of aromatic nitrogens is 2. The molecule has 120 valence electrons. The lowest BCUT2D eigenvalue weighted by Crippen LogP contribution is -2.18. The van der Waals surface area contributed by atoms with Crippen molar-refractivity contribution >= 4 is 17.4 Å². The zero-order valence-corrected chi connectivity index (χ0v) is 12.8. The number of aliphatic hydroxyl groups is 1. The van der Waals surface area contributed by atoms with Crippen molar-refractivity contribution in [1.29, 1.82) is 0 Å². The molecule has 1 aliphatic carbocycles. The Hall–Kier alpha value is -2.47. The molecule has 1 fully saturated rings. The number of anilines is 2. The minimum atomic E-state index is -0.283. The van der Waals surface area contributed by atoms with Crippen LogP contribution in [0.4, 0.5) is 11.5 Å². The third-order valence-electron chi connectivity index (χ3n) is 4.17. The number of hydrogen-bond acceptors (Lipinski definition) is 5. The molecule has 1 heterocycles. The molecular formula is C17H20N4O2. The van der Waals surface area contributed by atoms with Crippen molar-refractivity contribution in [3.05, 3.63) is 48.2 Å². The molecule has 1 aromatic heterocycles. The van der Waals surface area contributed by atoms with Gasteiger partial charge in [-0.2, -0.15) is 0 Å². The average molecular weight is 312 g/mol. The first-order valence-electron chi connectivity index (χ1n) is 7.76. The summed E-state index contributed by atoms with van der Waals surface area (Å²) in [5, 5.41) is 23.1. The summed E-state index contributed by atoms with van der Waals surface area (Å²) >= 11 is 0. The van der Waals surface area contributed by atoms with Crippen molar-refractivity contribution in [3.8, 4) is 0 Å².